The van der Waals surface area contributed by atoms with E-state index in [1.165, 1.54) is 24.3 Å². The number of carbonyl (C=O) groups excluding carboxylic acids is 2. The second-order valence-electron chi connectivity index (χ2n) is 4.51. The Bertz CT molecular complexity index is 690. The number of nitrogens with two attached hydrogens (primary N) is 1. The number of likely N-dealkylation sites (N-methyl/N-ethyl adjacent to an activating group) is 1. The number of carbonyl (C=O) groups is 2. The highest BCUT2D eigenvalue weighted by Gasteiger charge is 2.19. The van der Waals surface area contributed by atoms with Crippen LogP contribution in [-0.2, 0) is 4.79 Å². The number of hydrogen-bond acceptors (Lipinski definition) is 5. The molecule has 0 aliphatic carbocycles. The number of hydrogen-bond donors (Lipinski definition) is 2. The maximum absolute atomic E-state index is 12.1. The van der Waals surface area contributed by atoms with E-state index in [0.717, 1.165) is 0 Å². The molecule has 0 saturated carbocycles. The van der Waals surface area contributed by atoms with Gasteiger partial charge in [0, 0.05) is 30.2 Å². The van der Waals surface area contributed by atoms with Crippen molar-refractivity contribution in [3.63, 3.8) is 0 Å². The van der Waals surface area contributed by atoms with Crippen LogP contribution in [0.2, 0.25) is 5.02 Å². The molecule has 22 heavy (non-hydrogen) atoms. The standard InChI is InChI=1S/C14H14ClN5O2/c1-20(14(22)12-13(16)18-7-6-17-12)8-11(21)19-10-4-2-9(15)3-5-10/h2-7H,8H2,1H3,(H2,16,18)(H,19,21). The zero-order valence-electron chi connectivity index (χ0n) is 11.8. The summed E-state index contributed by atoms with van der Waals surface area (Å²) in [4.78, 5) is 32.9. The normalized spacial score (nSPS) is 10.1. The van der Waals surface area contributed by atoms with Gasteiger partial charge in [0.2, 0.25) is 5.91 Å². The van der Waals surface area contributed by atoms with Crippen LogP contribution in [0.25, 0.3) is 0 Å². The van der Waals surface area contributed by atoms with Crippen LogP contribution in [0.1, 0.15) is 10.5 Å². The molecule has 0 fully saturated rings. The summed E-state index contributed by atoms with van der Waals surface area (Å²) in [5.41, 5.74) is 6.20. The van der Waals surface area contributed by atoms with E-state index in [-0.39, 0.29) is 24.0 Å². The highest BCUT2D eigenvalue weighted by atomic mass is 35.5. The average Bonchev–Trinajstić information content (AvgIpc) is 2.49. The third-order valence-electron chi connectivity index (χ3n) is 2.78. The van der Waals surface area contributed by atoms with Crippen molar-refractivity contribution in [3.8, 4) is 0 Å². The zero-order valence-corrected chi connectivity index (χ0v) is 12.5. The van der Waals surface area contributed by atoms with Gasteiger partial charge in [-0.15, -0.1) is 0 Å². The summed E-state index contributed by atoms with van der Waals surface area (Å²) < 4.78 is 0. The van der Waals surface area contributed by atoms with E-state index < -0.39 is 5.91 Å². The van der Waals surface area contributed by atoms with Crippen molar-refractivity contribution in [2.45, 2.75) is 0 Å². The van der Waals surface area contributed by atoms with Crippen LogP contribution in [0.3, 0.4) is 0 Å². The summed E-state index contributed by atoms with van der Waals surface area (Å²) in [5, 5.41) is 3.23. The van der Waals surface area contributed by atoms with E-state index >= 15 is 0 Å². The van der Waals surface area contributed by atoms with Crippen LogP contribution in [-0.4, -0.2) is 40.3 Å². The predicted molar refractivity (Wildman–Crippen MR) is 83.5 cm³/mol. The molecule has 2 rings (SSSR count). The third kappa shape index (κ3) is 3.92. The molecular formula is C14H14ClN5O2. The van der Waals surface area contributed by atoms with Crippen LogP contribution >= 0.6 is 11.6 Å². The molecule has 0 unspecified atom stereocenters. The van der Waals surface area contributed by atoms with Crippen molar-refractivity contribution < 1.29 is 9.59 Å². The molecular weight excluding hydrogens is 306 g/mol. The van der Waals surface area contributed by atoms with Gasteiger partial charge in [0.1, 0.15) is 0 Å². The van der Waals surface area contributed by atoms with Gasteiger partial charge >= 0.3 is 0 Å². The maximum atomic E-state index is 12.1. The number of nitrogens with one attached hydrogen (secondary N) is 1. The van der Waals surface area contributed by atoms with E-state index in [9.17, 15) is 9.59 Å². The molecule has 8 heteroatoms. The molecule has 0 radical (unpaired) electrons. The van der Waals surface area contributed by atoms with Gasteiger partial charge in [-0.1, -0.05) is 11.6 Å². The van der Waals surface area contributed by atoms with E-state index in [4.69, 9.17) is 17.3 Å². The summed E-state index contributed by atoms with van der Waals surface area (Å²) in [7, 11) is 1.48. The smallest absolute Gasteiger partial charge is 0.276 e. The summed E-state index contributed by atoms with van der Waals surface area (Å²) in [6.45, 7) is -0.141. The third-order valence-corrected chi connectivity index (χ3v) is 3.04. The molecule has 2 amide bonds. The Morgan fingerprint density at radius 2 is 1.86 bits per heavy atom. The highest BCUT2D eigenvalue weighted by Crippen LogP contribution is 2.13. The molecule has 114 valence electrons. The minimum atomic E-state index is -0.475. The van der Waals surface area contributed by atoms with Crippen molar-refractivity contribution in [1.29, 1.82) is 0 Å². The number of nitrogens with zero attached hydrogens (tertiary/aromatic N) is 3. The quantitative estimate of drug-likeness (QED) is 0.887. The monoisotopic (exact) mass is 319 g/mol. The SMILES string of the molecule is CN(CC(=O)Nc1ccc(Cl)cc1)C(=O)c1nccnc1N. The number of anilines is 2. The fraction of sp³-hybridized carbons (Fsp3) is 0.143. The van der Waals surface area contributed by atoms with Crippen LogP contribution in [0.15, 0.2) is 36.7 Å². The van der Waals surface area contributed by atoms with Crippen molar-refractivity contribution >= 4 is 34.9 Å². The molecule has 0 saturated heterocycles. The van der Waals surface area contributed by atoms with Gasteiger partial charge in [-0.05, 0) is 24.3 Å². The topological polar surface area (TPSA) is 101 Å². The van der Waals surface area contributed by atoms with Gasteiger partial charge in [0.15, 0.2) is 11.5 Å². The first-order valence-corrected chi connectivity index (χ1v) is 6.72. The molecule has 0 bridgehead atoms. The molecule has 0 spiro atoms. The number of rotatable bonds is 4. The fourth-order valence-electron chi connectivity index (χ4n) is 1.72. The first-order chi connectivity index (χ1) is 10.5. The molecule has 1 aromatic heterocycles. The van der Waals surface area contributed by atoms with E-state index in [1.54, 1.807) is 24.3 Å². The summed E-state index contributed by atoms with van der Waals surface area (Å²) in [5.74, 6) is -0.796. The Hall–Kier alpha value is -2.67. The molecule has 0 aliphatic heterocycles. The van der Waals surface area contributed by atoms with Crippen molar-refractivity contribution in [2.75, 3.05) is 24.6 Å². The molecule has 7 nitrogen and oxygen atoms in total. The van der Waals surface area contributed by atoms with Gasteiger partial charge in [-0.3, -0.25) is 9.59 Å². The Morgan fingerprint density at radius 1 is 1.23 bits per heavy atom. The zero-order chi connectivity index (χ0) is 16.1. The van der Waals surface area contributed by atoms with E-state index in [1.807, 2.05) is 0 Å². The van der Waals surface area contributed by atoms with Crippen molar-refractivity contribution in [1.82, 2.24) is 14.9 Å². The Morgan fingerprint density at radius 3 is 2.50 bits per heavy atom. The molecule has 1 heterocycles. The second kappa shape index (κ2) is 6.86. The lowest BCUT2D eigenvalue weighted by Crippen LogP contribution is -2.35. The van der Waals surface area contributed by atoms with Crippen molar-refractivity contribution in [2.24, 2.45) is 0 Å². The molecule has 0 atom stereocenters. The number of aromatic nitrogens is 2. The maximum Gasteiger partial charge on any atom is 0.276 e. The van der Waals surface area contributed by atoms with Gasteiger partial charge in [0.25, 0.3) is 5.91 Å². The largest absolute Gasteiger partial charge is 0.382 e. The minimum Gasteiger partial charge on any atom is -0.382 e. The lowest BCUT2D eigenvalue weighted by Gasteiger charge is -2.16. The number of halogens is 1. The number of amides is 2. The number of benzene rings is 1. The van der Waals surface area contributed by atoms with Gasteiger partial charge in [0.05, 0.1) is 6.54 Å². The van der Waals surface area contributed by atoms with Gasteiger partial charge in [-0.25, -0.2) is 9.97 Å². The molecule has 1 aromatic carbocycles. The Kier molecular flexibility index (Phi) is 4.90. The predicted octanol–water partition coefficient (Wildman–Crippen LogP) is 1.42. The average molecular weight is 320 g/mol. The minimum absolute atomic E-state index is 0.0179. The lowest BCUT2D eigenvalue weighted by molar-refractivity contribution is -0.116. The second-order valence-corrected chi connectivity index (χ2v) is 4.94. The fourth-order valence-corrected chi connectivity index (χ4v) is 1.84. The van der Waals surface area contributed by atoms with Crippen LogP contribution in [0, 0.1) is 0 Å². The lowest BCUT2D eigenvalue weighted by atomic mass is 10.3. The van der Waals surface area contributed by atoms with Crippen LogP contribution < -0.4 is 11.1 Å². The van der Waals surface area contributed by atoms with Crippen LogP contribution in [0.5, 0.6) is 0 Å². The van der Waals surface area contributed by atoms with Gasteiger partial charge in [-0.2, -0.15) is 0 Å². The van der Waals surface area contributed by atoms with Crippen molar-refractivity contribution in [3.05, 3.63) is 47.4 Å². The highest BCUT2D eigenvalue weighted by molar-refractivity contribution is 6.30. The van der Waals surface area contributed by atoms with E-state index in [0.29, 0.717) is 10.7 Å². The van der Waals surface area contributed by atoms with Crippen LogP contribution in [0.4, 0.5) is 11.5 Å². The molecule has 0 aliphatic rings. The summed E-state index contributed by atoms with van der Waals surface area (Å²) in [6.07, 6.45) is 2.75. The molecule has 3 N–H and O–H groups in total. The Balaban J connectivity index is 1.97. The number of nitrogen functional groups attached to an aromatic ring is 1. The van der Waals surface area contributed by atoms with Gasteiger partial charge < -0.3 is 16.0 Å². The summed E-state index contributed by atoms with van der Waals surface area (Å²) >= 11 is 5.77. The first kappa shape index (κ1) is 15.7. The van der Waals surface area contributed by atoms with E-state index in [2.05, 4.69) is 15.3 Å². The molecule has 2 aromatic rings. The first-order valence-electron chi connectivity index (χ1n) is 6.34. The Labute approximate surface area is 132 Å². The summed E-state index contributed by atoms with van der Waals surface area (Å²) in [6, 6.07) is 6.66.